The number of nitrogens with one attached hydrogen (secondary N) is 2. The fraction of sp³-hybridized carbons (Fsp3) is 0.708. The molecule has 6 heteroatoms. The van der Waals surface area contributed by atoms with E-state index in [1.807, 2.05) is 12.1 Å². The van der Waals surface area contributed by atoms with Gasteiger partial charge in [-0.2, -0.15) is 0 Å². The molecule has 0 saturated carbocycles. The van der Waals surface area contributed by atoms with E-state index in [4.69, 9.17) is 9.73 Å². The standard InChI is InChI=1S/C24H43N5O/c1-6-25-24(27-20(4)12-11-16-28(7-2)8-3)26-18-21-15-17-29(19-21)22-13-9-10-14-23(22)30-5/h9-10,13-14,20-21H,6-8,11-12,15-19H2,1-5H3,(H2,25,26,27). The zero-order valence-corrected chi connectivity index (χ0v) is 19.8. The van der Waals surface area contributed by atoms with Crippen LogP contribution in [0.15, 0.2) is 29.3 Å². The molecule has 1 saturated heterocycles. The topological polar surface area (TPSA) is 52.1 Å². The van der Waals surface area contributed by atoms with Gasteiger partial charge in [-0.15, -0.1) is 0 Å². The Morgan fingerprint density at radius 3 is 2.73 bits per heavy atom. The summed E-state index contributed by atoms with van der Waals surface area (Å²) in [6, 6.07) is 8.72. The maximum Gasteiger partial charge on any atom is 0.191 e. The van der Waals surface area contributed by atoms with Crippen molar-refractivity contribution in [2.75, 3.05) is 57.8 Å². The summed E-state index contributed by atoms with van der Waals surface area (Å²) in [5.74, 6) is 2.47. The number of hydrogen-bond donors (Lipinski definition) is 2. The Hall–Kier alpha value is -1.95. The minimum atomic E-state index is 0.423. The van der Waals surface area contributed by atoms with E-state index < -0.39 is 0 Å². The van der Waals surface area contributed by atoms with E-state index in [0.29, 0.717) is 12.0 Å². The van der Waals surface area contributed by atoms with Crippen LogP contribution in [0, 0.1) is 5.92 Å². The molecule has 170 valence electrons. The summed E-state index contributed by atoms with van der Waals surface area (Å²) >= 11 is 0. The van der Waals surface area contributed by atoms with Gasteiger partial charge in [0.25, 0.3) is 0 Å². The van der Waals surface area contributed by atoms with Gasteiger partial charge in [0.05, 0.1) is 12.8 Å². The molecule has 0 aliphatic carbocycles. The highest BCUT2D eigenvalue weighted by Gasteiger charge is 2.24. The second-order valence-corrected chi connectivity index (χ2v) is 8.21. The molecule has 0 bridgehead atoms. The molecule has 0 aromatic heterocycles. The van der Waals surface area contributed by atoms with Crippen molar-refractivity contribution in [1.29, 1.82) is 0 Å². The first-order valence-electron chi connectivity index (χ1n) is 11.8. The smallest absolute Gasteiger partial charge is 0.191 e. The lowest BCUT2D eigenvalue weighted by molar-refractivity contribution is 0.292. The fourth-order valence-electron chi connectivity index (χ4n) is 4.10. The highest BCUT2D eigenvalue weighted by atomic mass is 16.5. The molecule has 2 rings (SSSR count). The normalized spacial score (nSPS) is 18.0. The molecular formula is C24H43N5O. The summed E-state index contributed by atoms with van der Waals surface area (Å²) in [6.45, 7) is 16.1. The summed E-state index contributed by atoms with van der Waals surface area (Å²) in [4.78, 5) is 9.82. The molecule has 1 aromatic carbocycles. The van der Waals surface area contributed by atoms with Gasteiger partial charge in [0.2, 0.25) is 0 Å². The highest BCUT2D eigenvalue weighted by molar-refractivity contribution is 5.80. The Bertz CT molecular complexity index is 632. The minimum Gasteiger partial charge on any atom is -0.495 e. The van der Waals surface area contributed by atoms with Crippen LogP contribution in [0.3, 0.4) is 0 Å². The van der Waals surface area contributed by atoms with Crippen LogP contribution >= 0.6 is 0 Å². The number of ether oxygens (including phenoxy) is 1. The zero-order valence-electron chi connectivity index (χ0n) is 19.8. The van der Waals surface area contributed by atoms with Crippen LogP contribution < -0.4 is 20.3 Å². The number of hydrogen-bond acceptors (Lipinski definition) is 4. The first-order valence-corrected chi connectivity index (χ1v) is 11.8. The molecule has 6 nitrogen and oxygen atoms in total. The Kier molecular flexibility index (Phi) is 10.8. The van der Waals surface area contributed by atoms with Crippen molar-refractivity contribution in [1.82, 2.24) is 15.5 Å². The van der Waals surface area contributed by atoms with Crippen LogP contribution in [0.4, 0.5) is 5.69 Å². The van der Waals surface area contributed by atoms with E-state index in [9.17, 15) is 0 Å². The minimum absolute atomic E-state index is 0.423. The Morgan fingerprint density at radius 2 is 2.03 bits per heavy atom. The van der Waals surface area contributed by atoms with E-state index in [1.54, 1.807) is 7.11 Å². The number of nitrogens with zero attached hydrogens (tertiary/aromatic N) is 3. The van der Waals surface area contributed by atoms with Gasteiger partial charge in [0.1, 0.15) is 5.75 Å². The van der Waals surface area contributed by atoms with E-state index >= 15 is 0 Å². The molecule has 0 spiro atoms. The van der Waals surface area contributed by atoms with E-state index in [0.717, 1.165) is 57.4 Å². The van der Waals surface area contributed by atoms with Crippen LogP contribution in [-0.4, -0.2) is 69.8 Å². The van der Waals surface area contributed by atoms with Crippen LogP contribution in [0.5, 0.6) is 5.75 Å². The van der Waals surface area contributed by atoms with Crippen molar-refractivity contribution < 1.29 is 4.74 Å². The number of anilines is 1. The number of rotatable bonds is 12. The van der Waals surface area contributed by atoms with Crippen molar-refractivity contribution in [3.63, 3.8) is 0 Å². The predicted molar refractivity (Wildman–Crippen MR) is 129 cm³/mol. The van der Waals surface area contributed by atoms with E-state index in [2.05, 4.69) is 60.3 Å². The summed E-state index contributed by atoms with van der Waals surface area (Å²) in [6.07, 6.45) is 3.54. The van der Waals surface area contributed by atoms with Crippen molar-refractivity contribution >= 4 is 11.6 Å². The van der Waals surface area contributed by atoms with Gasteiger partial charge >= 0.3 is 0 Å². The van der Waals surface area contributed by atoms with Crippen molar-refractivity contribution in [3.8, 4) is 5.75 Å². The lowest BCUT2D eigenvalue weighted by atomic mass is 10.1. The average molecular weight is 418 g/mol. The SMILES string of the molecule is CCNC(=NCC1CCN(c2ccccc2OC)C1)NC(C)CCCN(CC)CC. The van der Waals surface area contributed by atoms with Crippen LogP contribution in [0.1, 0.15) is 47.0 Å². The van der Waals surface area contributed by atoms with Crippen molar-refractivity contribution in [3.05, 3.63) is 24.3 Å². The number of aliphatic imine (C=N–C) groups is 1. The molecule has 2 N–H and O–H groups in total. The summed E-state index contributed by atoms with van der Waals surface area (Å²) < 4.78 is 5.54. The van der Waals surface area contributed by atoms with Gasteiger partial charge in [0.15, 0.2) is 5.96 Å². The van der Waals surface area contributed by atoms with Crippen LogP contribution in [0.25, 0.3) is 0 Å². The monoisotopic (exact) mass is 417 g/mol. The Labute approximate surface area is 184 Å². The highest BCUT2D eigenvalue weighted by Crippen LogP contribution is 2.31. The predicted octanol–water partition coefficient (Wildman–Crippen LogP) is 3.59. The molecule has 0 radical (unpaired) electrons. The summed E-state index contributed by atoms with van der Waals surface area (Å²) in [5.41, 5.74) is 1.19. The number of benzene rings is 1. The Morgan fingerprint density at radius 1 is 1.27 bits per heavy atom. The Balaban J connectivity index is 1.82. The molecule has 1 aromatic rings. The average Bonchev–Trinajstić information content (AvgIpc) is 3.24. The lowest BCUT2D eigenvalue weighted by Crippen LogP contribution is -2.42. The van der Waals surface area contributed by atoms with Gasteiger partial charge in [-0.25, -0.2) is 0 Å². The maximum absolute atomic E-state index is 5.54. The third kappa shape index (κ3) is 7.71. The molecule has 2 atom stereocenters. The quantitative estimate of drug-likeness (QED) is 0.402. The molecule has 1 aliphatic rings. The van der Waals surface area contributed by atoms with Crippen molar-refractivity contribution in [2.24, 2.45) is 10.9 Å². The second kappa shape index (κ2) is 13.4. The zero-order chi connectivity index (χ0) is 21.8. The molecule has 30 heavy (non-hydrogen) atoms. The maximum atomic E-state index is 5.54. The van der Waals surface area contributed by atoms with E-state index in [1.165, 1.54) is 25.1 Å². The third-order valence-corrected chi connectivity index (χ3v) is 5.95. The first-order chi connectivity index (χ1) is 14.6. The lowest BCUT2D eigenvalue weighted by Gasteiger charge is -2.22. The molecule has 1 aliphatic heterocycles. The van der Waals surface area contributed by atoms with Crippen molar-refractivity contribution in [2.45, 2.75) is 53.0 Å². The third-order valence-electron chi connectivity index (χ3n) is 5.95. The molecular weight excluding hydrogens is 374 g/mol. The van der Waals surface area contributed by atoms with E-state index in [-0.39, 0.29) is 0 Å². The fourth-order valence-corrected chi connectivity index (χ4v) is 4.10. The van der Waals surface area contributed by atoms with Gasteiger partial charge in [-0.05, 0) is 70.8 Å². The number of methoxy groups -OCH3 is 1. The van der Waals surface area contributed by atoms with Gasteiger partial charge < -0.3 is 25.2 Å². The number of para-hydroxylation sites is 2. The first kappa shape index (κ1) is 24.3. The molecule has 0 amide bonds. The summed E-state index contributed by atoms with van der Waals surface area (Å²) in [7, 11) is 1.74. The van der Waals surface area contributed by atoms with Gasteiger partial charge in [-0.1, -0.05) is 26.0 Å². The second-order valence-electron chi connectivity index (χ2n) is 8.21. The number of guanidine groups is 1. The van der Waals surface area contributed by atoms with Crippen LogP contribution in [0.2, 0.25) is 0 Å². The largest absolute Gasteiger partial charge is 0.495 e. The molecule has 1 heterocycles. The van der Waals surface area contributed by atoms with Gasteiger partial charge in [-0.3, -0.25) is 4.99 Å². The molecule has 1 fully saturated rings. The molecule has 2 unspecified atom stereocenters. The van der Waals surface area contributed by atoms with Gasteiger partial charge in [0, 0.05) is 32.2 Å². The summed E-state index contributed by atoms with van der Waals surface area (Å²) in [5, 5.41) is 7.01. The van der Waals surface area contributed by atoms with Crippen LogP contribution in [-0.2, 0) is 0 Å².